The highest BCUT2D eigenvalue weighted by molar-refractivity contribution is 4.71. The van der Waals surface area contributed by atoms with Gasteiger partial charge in [-0.25, -0.2) is 0 Å². The normalized spacial score (nSPS) is 19.7. The van der Waals surface area contributed by atoms with Gasteiger partial charge in [0.1, 0.15) is 0 Å². The lowest BCUT2D eigenvalue weighted by molar-refractivity contribution is 0.291. The fourth-order valence-corrected chi connectivity index (χ4v) is 1.81. The second-order valence-corrected chi connectivity index (χ2v) is 5.03. The van der Waals surface area contributed by atoms with Gasteiger partial charge >= 0.3 is 0 Å². The van der Waals surface area contributed by atoms with Crippen LogP contribution < -0.4 is 11.1 Å². The molecular weight excluding hydrogens is 172 g/mol. The second kappa shape index (κ2) is 6.41. The largest absolute Gasteiger partial charge is 0.327 e. The van der Waals surface area contributed by atoms with Crippen LogP contribution >= 0.6 is 0 Å². The van der Waals surface area contributed by atoms with Gasteiger partial charge < -0.3 is 11.1 Å². The second-order valence-electron chi connectivity index (χ2n) is 5.03. The van der Waals surface area contributed by atoms with Crippen molar-refractivity contribution in [3.05, 3.63) is 0 Å². The van der Waals surface area contributed by atoms with Crippen LogP contribution in [-0.2, 0) is 0 Å². The van der Waals surface area contributed by atoms with Gasteiger partial charge in [0.15, 0.2) is 0 Å². The van der Waals surface area contributed by atoms with E-state index in [0.717, 1.165) is 18.9 Å². The van der Waals surface area contributed by atoms with Crippen LogP contribution in [0.2, 0.25) is 0 Å². The Kier molecular flexibility index (Phi) is 5.49. The molecule has 0 aromatic carbocycles. The molecule has 1 saturated carbocycles. The van der Waals surface area contributed by atoms with Crippen molar-refractivity contribution in [2.45, 2.75) is 52.0 Å². The Hall–Kier alpha value is -0.0800. The Morgan fingerprint density at radius 2 is 2.00 bits per heavy atom. The summed E-state index contributed by atoms with van der Waals surface area (Å²) in [4.78, 5) is 0. The van der Waals surface area contributed by atoms with Gasteiger partial charge in [0.05, 0.1) is 0 Å². The molecule has 1 atom stereocenters. The molecule has 0 bridgehead atoms. The fraction of sp³-hybridized carbons (Fsp3) is 1.00. The third-order valence-corrected chi connectivity index (χ3v) is 3.46. The van der Waals surface area contributed by atoms with Gasteiger partial charge in [-0.1, -0.05) is 33.1 Å². The van der Waals surface area contributed by atoms with E-state index in [2.05, 4.69) is 19.2 Å². The number of nitrogens with one attached hydrogen (secondary N) is 1. The van der Waals surface area contributed by atoms with Crippen LogP contribution in [0.4, 0.5) is 0 Å². The molecule has 0 amide bonds. The molecule has 0 spiro atoms. The zero-order chi connectivity index (χ0) is 10.4. The zero-order valence-electron chi connectivity index (χ0n) is 9.76. The molecule has 0 aromatic heterocycles. The van der Waals surface area contributed by atoms with Crippen LogP contribution in [-0.4, -0.2) is 19.1 Å². The van der Waals surface area contributed by atoms with E-state index < -0.39 is 0 Å². The maximum Gasteiger partial charge on any atom is 0.00739 e. The van der Waals surface area contributed by atoms with E-state index in [1.807, 2.05) is 0 Å². The summed E-state index contributed by atoms with van der Waals surface area (Å²) in [6.07, 6.45) is 6.88. The van der Waals surface area contributed by atoms with Crippen molar-refractivity contribution in [3.8, 4) is 0 Å². The number of hydrogen-bond donors (Lipinski definition) is 2. The van der Waals surface area contributed by atoms with Gasteiger partial charge in [0.25, 0.3) is 0 Å². The molecule has 0 radical (unpaired) electrons. The standard InChI is InChI=1S/C12H26N2/c1-10(2)12(13)7-9-14-8-6-11-4-3-5-11/h10-12,14H,3-9,13H2,1-2H3. The minimum absolute atomic E-state index is 0.367. The first kappa shape index (κ1) is 12.0. The summed E-state index contributed by atoms with van der Waals surface area (Å²) in [5.41, 5.74) is 5.96. The molecular formula is C12H26N2. The molecule has 1 rings (SSSR count). The highest BCUT2D eigenvalue weighted by atomic mass is 14.9. The van der Waals surface area contributed by atoms with Gasteiger partial charge in [0.2, 0.25) is 0 Å². The molecule has 1 aliphatic carbocycles. The summed E-state index contributed by atoms with van der Waals surface area (Å²) in [5.74, 6) is 1.64. The number of hydrogen-bond acceptors (Lipinski definition) is 2. The van der Waals surface area contributed by atoms with E-state index >= 15 is 0 Å². The Balaban J connectivity index is 1.83. The van der Waals surface area contributed by atoms with Gasteiger partial charge in [-0.3, -0.25) is 0 Å². The SMILES string of the molecule is CC(C)C(N)CCNCCC1CCC1. The van der Waals surface area contributed by atoms with Crippen molar-refractivity contribution in [1.82, 2.24) is 5.32 Å². The third-order valence-electron chi connectivity index (χ3n) is 3.46. The fourth-order valence-electron chi connectivity index (χ4n) is 1.81. The van der Waals surface area contributed by atoms with Crippen LogP contribution in [0, 0.1) is 11.8 Å². The van der Waals surface area contributed by atoms with Crippen LogP contribution in [0.25, 0.3) is 0 Å². The number of nitrogens with two attached hydrogens (primary N) is 1. The van der Waals surface area contributed by atoms with Crippen molar-refractivity contribution < 1.29 is 0 Å². The van der Waals surface area contributed by atoms with E-state index in [4.69, 9.17) is 5.73 Å². The van der Waals surface area contributed by atoms with E-state index in [1.54, 1.807) is 0 Å². The third kappa shape index (κ3) is 4.43. The van der Waals surface area contributed by atoms with Crippen molar-refractivity contribution in [2.75, 3.05) is 13.1 Å². The molecule has 84 valence electrons. The van der Waals surface area contributed by atoms with Crippen LogP contribution in [0.1, 0.15) is 46.0 Å². The van der Waals surface area contributed by atoms with Crippen molar-refractivity contribution in [1.29, 1.82) is 0 Å². The van der Waals surface area contributed by atoms with Gasteiger partial charge in [-0.2, -0.15) is 0 Å². The average molecular weight is 198 g/mol. The molecule has 2 nitrogen and oxygen atoms in total. The van der Waals surface area contributed by atoms with Crippen molar-refractivity contribution in [3.63, 3.8) is 0 Å². The molecule has 14 heavy (non-hydrogen) atoms. The lowest BCUT2D eigenvalue weighted by Crippen LogP contribution is -2.31. The van der Waals surface area contributed by atoms with Crippen LogP contribution in [0.5, 0.6) is 0 Å². The summed E-state index contributed by atoms with van der Waals surface area (Å²) in [5, 5.41) is 3.49. The highest BCUT2D eigenvalue weighted by Crippen LogP contribution is 2.28. The number of rotatable bonds is 7. The topological polar surface area (TPSA) is 38.0 Å². The van der Waals surface area contributed by atoms with Gasteiger partial charge in [-0.15, -0.1) is 0 Å². The van der Waals surface area contributed by atoms with E-state index in [-0.39, 0.29) is 0 Å². The molecule has 0 aromatic rings. The maximum atomic E-state index is 5.96. The summed E-state index contributed by atoms with van der Waals surface area (Å²) in [7, 11) is 0. The molecule has 1 unspecified atom stereocenters. The Morgan fingerprint density at radius 1 is 1.29 bits per heavy atom. The highest BCUT2D eigenvalue weighted by Gasteiger charge is 2.16. The molecule has 1 aliphatic rings. The molecule has 0 heterocycles. The molecule has 2 heteroatoms. The van der Waals surface area contributed by atoms with Gasteiger partial charge in [0, 0.05) is 6.04 Å². The minimum atomic E-state index is 0.367. The van der Waals surface area contributed by atoms with Crippen LogP contribution in [0.3, 0.4) is 0 Å². The predicted octanol–water partition coefficient (Wildman–Crippen LogP) is 2.14. The molecule has 3 N–H and O–H groups in total. The predicted molar refractivity (Wildman–Crippen MR) is 62.3 cm³/mol. The smallest absolute Gasteiger partial charge is 0.00739 e. The Bertz CT molecular complexity index is 141. The minimum Gasteiger partial charge on any atom is -0.327 e. The summed E-state index contributed by atoms with van der Waals surface area (Å²) < 4.78 is 0. The lowest BCUT2D eigenvalue weighted by Gasteiger charge is -2.25. The first-order chi connectivity index (χ1) is 6.70. The Morgan fingerprint density at radius 3 is 2.50 bits per heavy atom. The Labute approximate surface area is 88.6 Å². The lowest BCUT2D eigenvalue weighted by atomic mass is 9.83. The van der Waals surface area contributed by atoms with Crippen molar-refractivity contribution in [2.24, 2.45) is 17.6 Å². The van der Waals surface area contributed by atoms with E-state index in [1.165, 1.54) is 32.2 Å². The van der Waals surface area contributed by atoms with Gasteiger partial charge in [-0.05, 0) is 37.8 Å². The monoisotopic (exact) mass is 198 g/mol. The molecule has 0 aliphatic heterocycles. The quantitative estimate of drug-likeness (QED) is 0.615. The average Bonchev–Trinajstić information content (AvgIpc) is 2.07. The van der Waals surface area contributed by atoms with Crippen LogP contribution in [0.15, 0.2) is 0 Å². The zero-order valence-corrected chi connectivity index (χ0v) is 9.76. The first-order valence-electron chi connectivity index (χ1n) is 6.16. The first-order valence-corrected chi connectivity index (χ1v) is 6.16. The molecule has 1 fully saturated rings. The van der Waals surface area contributed by atoms with E-state index in [0.29, 0.717) is 12.0 Å². The molecule has 0 saturated heterocycles. The summed E-state index contributed by atoms with van der Waals surface area (Å²) >= 11 is 0. The van der Waals surface area contributed by atoms with Crippen molar-refractivity contribution >= 4 is 0 Å². The summed E-state index contributed by atoms with van der Waals surface area (Å²) in [6.45, 7) is 6.67. The van der Waals surface area contributed by atoms with E-state index in [9.17, 15) is 0 Å². The summed E-state index contributed by atoms with van der Waals surface area (Å²) in [6, 6.07) is 0.367. The maximum absolute atomic E-state index is 5.96.